The van der Waals surface area contributed by atoms with E-state index in [0.29, 0.717) is 19.7 Å². The summed E-state index contributed by atoms with van der Waals surface area (Å²) in [5.74, 6) is 1.61. The normalized spacial score (nSPS) is 21.1. The molecular formula is C20H32IN3O3. The van der Waals surface area contributed by atoms with Gasteiger partial charge >= 0.3 is 0 Å². The number of hydrogen-bond acceptors (Lipinski definition) is 4. The van der Waals surface area contributed by atoms with E-state index in [9.17, 15) is 5.11 Å². The van der Waals surface area contributed by atoms with Crippen molar-refractivity contribution in [2.24, 2.45) is 4.99 Å². The van der Waals surface area contributed by atoms with Crippen LogP contribution in [0.3, 0.4) is 0 Å². The summed E-state index contributed by atoms with van der Waals surface area (Å²) in [6.07, 6.45) is 3.87. The number of nitrogens with one attached hydrogen (secondary N) is 2. The van der Waals surface area contributed by atoms with E-state index in [1.165, 1.54) is 5.56 Å². The Morgan fingerprint density at radius 1 is 1.37 bits per heavy atom. The second-order valence-corrected chi connectivity index (χ2v) is 7.34. The molecule has 0 spiro atoms. The standard InChI is InChI=1S/C20H31N3O3.HI/c1-3-21-19(23-14-20(24)8-4-9-20)22-12-16-6-5-15(2)11-18(16)26-17-7-10-25-13-17;/h5-6,11,17,24H,3-4,7-10,12-14H2,1-2H3,(H2,21,22,23);1H. The molecule has 152 valence electrons. The molecular weight excluding hydrogens is 457 g/mol. The van der Waals surface area contributed by atoms with Crippen LogP contribution >= 0.6 is 24.0 Å². The average molecular weight is 489 g/mol. The Morgan fingerprint density at radius 2 is 2.19 bits per heavy atom. The zero-order chi connectivity index (χ0) is 18.4. The van der Waals surface area contributed by atoms with Crippen molar-refractivity contribution in [2.45, 2.75) is 57.8 Å². The van der Waals surface area contributed by atoms with Crippen LogP contribution in [0.25, 0.3) is 0 Å². The largest absolute Gasteiger partial charge is 0.488 e. The summed E-state index contributed by atoms with van der Waals surface area (Å²) in [7, 11) is 0. The molecule has 3 N–H and O–H groups in total. The molecule has 7 heteroatoms. The van der Waals surface area contributed by atoms with Crippen molar-refractivity contribution in [3.63, 3.8) is 0 Å². The zero-order valence-corrected chi connectivity index (χ0v) is 18.6. The molecule has 0 radical (unpaired) electrons. The SMILES string of the molecule is CCNC(=NCc1ccc(C)cc1OC1CCOC1)NCC1(O)CCC1.I. The molecule has 27 heavy (non-hydrogen) atoms. The third-order valence-electron chi connectivity index (χ3n) is 5.03. The van der Waals surface area contributed by atoms with Gasteiger partial charge in [-0.2, -0.15) is 0 Å². The van der Waals surface area contributed by atoms with Crippen LogP contribution in [0.4, 0.5) is 0 Å². The number of rotatable bonds is 7. The number of nitrogens with zero attached hydrogens (tertiary/aromatic N) is 1. The van der Waals surface area contributed by atoms with Gasteiger partial charge in [-0.15, -0.1) is 24.0 Å². The van der Waals surface area contributed by atoms with E-state index >= 15 is 0 Å². The van der Waals surface area contributed by atoms with Gasteiger partial charge in [0.05, 0.1) is 25.4 Å². The Labute approximate surface area is 179 Å². The second kappa shape index (κ2) is 10.5. The summed E-state index contributed by atoms with van der Waals surface area (Å²) in [5, 5.41) is 16.8. The zero-order valence-electron chi connectivity index (χ0n) is 16.3. The monoisotopic (exact) mass is 489 g/mol. The molecule has 1 heterocycles. The van der Waals surface area contributed by atoms with Gasteiger partial charge in [0, 0.05) is 25.1 Å². The maximum absolute atomic E-state index is 10.3. The summed E-state index contributed by atoms with van der Waals surface area (Å²) in [5.41, 5.74) is 1.66. The highest BCUT2D eigenvalue weighted by Gasteiger charge is 2.34. The third-order valence-corrected chi connectivity index (χ3v) is 5.03. The summed E-state index contributed by atoms with van der Waals surface area (Å²) >= 11 is 0. The fourth-order valence-corrected chi connectivity index (χ4v) is 3.20. The Balaban J connectivity index is 0.00000261. The first-order chi connectivity index (χ1) is 12.6. The van der Waals surface area contributed by atoms with E-state index in [1.807, 2.05) is 6.92 Å². The summed E-state index contributed by atoms with van der Waals surface area (Å²) in [6.45, 7) is 7.36. The van der Waals surface area contributed by atoms with E-state index in [-0.39, 0.29) is 30.1 Å². The van der Waals surface area contributed by atoms with Crippen LogP contribution in [0.5, 0.6) is 5.75 Å². The highest BCUT2D eigenvalue weighted by Crippen LogP contribution is 2.30. The molecule has 1 aliphatic carbocycles. The first-order valence-electron chi connectivity index (χ1n) is 9.66. The predicted octanol–water partition coefficient (Wildman–Crippen LogP) is 2.75. The smallest absolute Gasteiger partial charge is 0.191 e. The van der Waals surface area contributed by atoms with Crippen LogP contribution in [0, 0.1) is 6.92 Å². The van der Waals surface area contributed by atoms with Gasteiger partial charge in [0.15, 0.2) is 5.96 Å². The lowest BCUT2D eigenvalue weighted by molar-refractivity contribution is -0.0279. The number of aliphatic imine (C=N–C) groups is 1. The first kappa shape index (κ1) is 22.2. The van der Waals surface area contributed by atoms with Crippen LogP contribution in [0.2, 0.25) is 0 Å². The molecule has 3 rings (SSSR count). The summed E-state index contributed by atoms with van der Waals surface area (Å²) in [4.78, 5) is 4.68. The van der Waals surface area contributed by atoms with Crippen LogP contribution in [0.15, 0.2) is 23.2 Å². The van der Waals surface area contributed by atoms with Gasteiger partial charge in [-0.3, -0.25) is 0 Å². The molecule has 1 unspecified atom stereocenters. The molecule has 1 atom stereocenters. The summed E-state index contributed by atoms with van der Waals surface area (Å²) in [6, 6.07) is 6.23. The maximum Gasteiger partial charge on any atom is 0.191 e. The number of halogens is 1. The van der Waals surface area contributed by atoms with E-state index in [0.717, 1.165) is 56.1 Å². The molecule has 0 amide bonds. The Kier molecular flexibility index (Phi) is 8.62. The molecule has 0 bridgehead atoms. The minimum atomic E-state index is -0.573. The van der Waals surface area contributed by atoms with Crippen LogP contribution in [0.1, 0.15) is 43.7 Å². The molecule has 1 aliphatic heterocycles. The fourth-order valence-electron chi connectivity index (χ4n) is 3.20. The molecule has 1 aromatic rings. The fraction of sp³-hybridized carbons (Fsp3) is 0.650. The van der Waals surface area contributed by atoms with E-state index in [1.54, 1.807) is 0 Å². The molecule has 6 nitrogen and oxygen atoms in total. The number of aryl methyl sites for hydroxylation is 1. The van der Waals surface area contributed by atoms with Crippen molar-refractivity contribution in [3.8, 4) is 5.75 Å². The van der Waals surface area contributed by atoms with Gasteiger partial charge in [0.2, 0.25) is 0 Å². The number of ether oxygens (including phenoxy) is 2. The Bertz CT molecular complexity index is 629. The highest BCUT2D eigenvalue weighted by atomic mass is 127. The van der Waals surface area contributed by atoms with Crippen LogP contribution in [-0.2, 0) is 11.3 Å². The Hall–Kier alpha value is -1.06. The van der Waals surface area contributed by atoms with Gasteiger partial charge in [-0.1, -0.05) is 12.1 Å². The second-order valence-electron chi connectivity index (χ2n) is 7.34. The van der Waals surface area contributed by atoms with Crippen molar-refractivity contribution in [2.75, 3.05) is 26.3 Å². The van der Waals surface area contributed by atoms with E-state index in [4.69, 9.17) is 9.47 Å². The number of guanidine groups is 1. The molecule has 1 saturated carbocycles. The van der Waals surface area contributed by atoms with Gasteiger partial charge in [0.25, 0.3) is 0 Å². The third kappa shape index (κ3) is 6.50. The molecule has 0 aromatic heterocycles. The molecule has 1 saturated heterocycles. The van der Waals surface area contributed by atoms with Gasteiger partial charge in [-0.25, -0.2) is 4.99 Å². The molecule has 2 fully saturated rings. The minimum Gasteiger partial charge on any atom is -0.488 e. The lowest BCUT2D eigenvalue weighted by Gasteiger charge is -2.37. The highest BCUT2D eigenvalue weighted by molar-refractivity contribution is 14.0. The lowest BCUT2D eigenvalue weighted by atomic mass is 9.80. The summed E-state index contributed by atoms with van der Waals surface area (Å²) < 4.78 is 11.6. The van der Waals surface area contributed by atoms with E-state index in [2.05, 4.69) is 40.7 Å². The van der Waals surface area contributed by atoms with Crippen molar-refractivity contribution in [3.05, 3.63) is 29.3 Å². The Morgan fingerprint density at radius 3 is 2.81 bits per heavy atom. The maximum atomic E-state index is 10.3. The van der Waals surface area contributed by atoms with Crippen LogP contribution in [-0.4, -0.2) is 49.1 Å². The van der Waals surface area contributed by atoms with Crippen molar-refractivity contribution in [1.82, 2.24) is 10.6 Å². The minimum absolute atomic E-state index is 0. The quantitative estimate of drug-likeness (QED) is 0.312. The predicted molar refractivity (Wildman–Crippen MR) is 118 cm³/mol. The van der Waals surface area contributed by atoms with Crippen molar-refractivity contribution in [1.29, 1.82) is 0 Å². The topological polar surface area (TPSA) is 75.1 Å². The molecule has 1 aromatic carbocycles. The van der Waals surface area contributed by atoms with Crippen molar-refractivity contribution >= 4 is 29.9 Å². The van der Waals surface area contributed by atoms with Gasteiger partial charge in [-0.05, 0) is 44.7 Å². The average Bonchev–Trinajstić information content (AvgIpc) is 3.10. The molecule has 2 aliphatic rings. The van der Waals surface area contributed by atoms with Gasteiger partial charge < -0.3 is 25.2 Å². The number of hydrogen-bond donors (Lipinski definition) is 3. The lowest BCUT2D eigenvalue weighted by Crippen LogP contribution is -2.50. The van der Waals surface area contributed by atoms with Crippen molar-refractivity contribution < 1.29 is 14.6 Å². The number of benzene rings is 1. The van der Waals surface area contributed by atoms with Gasteiger partial charge in [0.1, 0.15) is 11.9 Å². The van der Waals surface area contributed by atoms with E-state index < -0.39 is 5.60 Å². The van der Waals surface area contributed by atoms with Crippen LogP contribution < -0.4 is 15.4 Å². The number of aliphatic hydroxyl groups is 1. The first-order valence-corrected chi connectivity index (χ1v) is 9.66.